The van der Waals surface area contributed by atoms with E-state index in [-0.39, 0.29) is 0 Å². The summed E-state index contributed by atoms with van der Waals surface area (Å²) >= 11 is 0. The van der Waals surface area contributed by atoms with E-state index < -0.39 is 0 Å². The number of fused-ring (bicyclic) bond motifs is 8. The molecule has 3 nitrogen and oxygen atoms in total. The Morgan fingerprint density at radius 2 is 1.11 bits per heavy atom. The highest BCUT2D eigenvalue weighted by atomic mass is 16.3. The predicted octanol–water partition coefficient (Wildman–Crippen LogP) is 14.4. The van der Waals surface area contributed by atoms with Crippen LogP contribution in [0.2, 0.25) is 0 Å². The first kappa shape index (κ1) is 31.4. The van der Waals surface area contributed by atoms with Crippen LogP contribution in [-0.2, 0) is 6.42 Å². The van der Waals surface area contributed by atoms with Crippen molar-refractivity contribution in [3.05, 3.63) is 199 Å². The van der Waals surface area contributed by atoms with Crippen molar-refractivity contribution in [2.24, 2.45) is 0 Å². The number of anilines is 3. The van der Waals surface area contributed by atoms with Gasteiger partial charge in [0, 0.05) is 50.0 Å². The molecule has 1 aliphatic rings. The first-order valence-electron chi connectivity index (χ1n) is 19.1. The minimum absolute atomic E-state index is 0.876. The van der Waals surface area contributed by atoms with E-state index in [4.69, 9.17) is 4.42 Å². The Morgan fingerprint density at radius 3 is 1.89 bits per heavy atom. The van der Waals surface area contributed by atoms with E-state index in [1.165, 1.54) is 55.5 Å². The molecule has 0 saturated carbocycles. The van der Waals surface area contributed by atoms with Gasteiger partial charge in [-0.05, 0) is 113 Å². The van der Waals surface area contributed by atoms with Gasteiger partial charge >= 0.3 is 0 Å². The molecule has 0 aliphatic heterocycles. The van der Waals surface area contributed by atoms with Gasteiger partial charge in [-0.3, -0.25) is 0 Å². The summed E-state index contributed by atoms with van der Waals surface area (Å²) in [5.41, 5.74) is 14.9. The molecule has 2 heterocycles. The highest BCUT2D eigenvalue weighted by molar-refractivity contribution is 6.19. The standard InChI is InChI=1S/C52H36N2O/c1-4-14-35(15-5-1)36-24-26-39(27-25-36)53(41-28-30-44-43-21-12-13-23-49(43)54(50(44)33-41)38-18-8-3-9-19-38)40-29-31-51-47(32-40)48-34-46(37-16-6-2-7-17-37)42-20-10-11-22-45(42)52(48)55-51/h1-11,13-20,22-34H,12,21H2. The molecule has 0 saturated heterocycles. The molecular weight excluding hydrogens is 669 g/mol. The molecule has 1 aliphatic carbocycles. The molecule has 0 N–H and O–H groups in total. The Hall–Kier alpha value is -7.10. The van der Waals surface area contributed by atoms with Gasteiger partial charge in [-0.25, -0.2) is 0 Å². The monoisotopic (exact) mass is 704 g/mol. The molecule has 0 fully saturated rings. The van der Waals surface area contributed by atoms with Crippen molar-refractivity contribution < 1.29 is 4.42 Å². The number of hydrogen-bond acceptors (Lipinski definition) is 2. The summed E-state index contributed by atoms with van der Waals surface area (Å²) in [5, 5.41) is 5.82. The van der Waals surface area contributed by atoms with Crippen LogP contribution >= 0.6 is 0 Å². The number of furan rings is 1. The fourth-order valence-corrected chi connectivity index (χ4v) is 8.68. The second-order valence-electron chi connectivity index (χ2n) is 14.4. The van der Waals surface area contributed by atoms with Crippen LogP contribution in [0.1, 0.15) is 17.7 Å². The topological polar surface area (TPSA) is 21.3 Å². The number of hydrogen-bond donors (Lipinski definition) is 0. The molecule has 2 aromatic heterocycles. The minimum Gasteiger partial charge on any atom is -0.455 e. The van der Waals surface area contributed by atoms with Gasteiger partial charge in [-0.1, -0.05) is 127 Å². The highest BCUT2D eigenvalue weighted by Crippen LogP contribution is 2.44. The first-order valence-corrected chi connectivity index (χ1v) is 19.1. The Balaban J connectivity index is 1.14. The van der Waals surface area contributed by atoms with Crippen molar-refractivity contribution in [2.75, 3.05) is 4.90 Å². The molecule has 0 amide bonds. The molecular formula is C52H36N2O. The summed E-state index contributed by atoms with van der Waals surface area (Å²) in [6.45, 7) is 0. The lowest BCUT2D eigenvalue weighted by Crippen LogP contribution is -2.10. The van der Waals surface area contributed by atoms with Crippen LogP contribution in [-0.4, -0.2) is 4.57 Å². The van der Waals surface area contributed by atoms with Crippen LogP contribution in [0.15, 0.2) is 192 Å². The Bertz CT molecular complexity index is 3060. The SMILES string of the molecule is C1=Cc2c(c3ccc(N(c4ccc(-c5ccccc5)cc4)c4ccc5oc6c7ccccc7c(-c7ccccc7)cc6c5c4)cc3n2-c2ccccc2)CC1. The van der Waals surface area contributed by atoms with E-state index in [0.29, 0.717) is 0 Å². The fourth-order valence-electron chi connectivity index (χ4n) is 8.68. The summed E-state index contributed by atoms with van der Waals surface area (Å²) in [4.78, 5) is 2.39. The molecule has 0 unspecified atom stereocenters. The predicted molar refractivity (Wildman–Crippen MR) is 231 cm³/mol. The molecule has 0 radical (unpaired) electrons. The van der Waals surface area contributed by atoms with Gasteiger partial charge in [-0.15, -0.1) is 0 Å². The van der Waals surface area contributed by atoms with Gasteiger partial charge in [0.1, 0.15) is 11.2 Å². The summed E-state index contributed by atoms with van der Waals surface area (Å²) in [5.74, 6) is 0. The van der Waals surface area contributed by atoms with E-state index in [2.05, 4.69) is 204 Å². The number of aryl methyl sites for hydroxylation is 1. The smallest absolute Gasteiger partial charge is 0.143 e. The van der Waals surface area contributed by atoms with Crippen molar-refractivity contribution >= 4 is 66.8 Å². The number of aromatic nitrogens is 1. The molecule has 8 aromatic carbocycles. The van der Waals surface area contributed by atoms with Crippen LogP contribution in [0.3, 0.4) is 0 Å². The van der Waals surface area contributed by atoms with Gasteiger partial charge in [0.15, 0.2) is 0 Å². The Morgan fingerprint density at radius 1 is 0.473 bits per heavy atom. The normalized spacial score (nSPS) is 12.5. The van der Waals surface area contributed by atoms with Crippen LogP contribution in [0.4, 0.5) is 17.1 Å². The van der Waals surface area contributed by atoms with Crippen LogP contribution in [0.5, 0.6) is 0 Å². The Kier molecular flexibility index (Phi) is 7.31. The fraction of sp³-hybridized carbons (Fsp3) is 0.0385. The van der Waals surface area contributed by atoms with Crippen LogP contribution < -0.4 is 4.90 Å². The lowest BCUT2D eigenvalue weighted by atomic mass is 9.95. The Labute approximate surface area is 319 Å². The number of rotatable bonds is 6. The van der Waals surface area contributed by atoms with Crippen LogP contribution in [0, 0.1) is 0 Å². The lowest BCUT2D eigenvalue weighted by Gasteiger charge is -2.26. The first-order chi connectivity index (χ1) is 27.3. The number of nitrogens with zero attached hydrogens (tertiary/aromatic N) is 2. The minimum atomic E-state index is 0.876. The highest BCUT2D eigenvalue weighted by Gasteiger charge is 2.22. The average Bonchev–Trinajstić information content (AvgIpc) is 3.80. The van der Waals surface area contributed by atoms with E-state index in [1.54, 1.807) is 0 Å². The zero-order valence-corrected chi connectivity index (χ0v) is 30.2. The molecule has 11 rings (SSSR count). The number of para-hydroxylation sites is 1. The quantitative estimate of drug-likeness (QED) is 0.172. The second-order valence-corrected chi connectivity index (χ2v) is 14.4. The third-order valence-electron chi connectivity index (χ3n) is 11.2. The van der Waals surface area contributed by atoms with Gasteiger partial charge < -0.3 is 13.9 Å². The summed E-state index contributed by atoms with van der Waals surface area (Å²) in [7, 11) is 0. The maximum atomic E-state index is 6.71. The summed E-state index contributed by atoms with van der Waals surface area (Å²) in [6.07, 6.45) is 6.70. The van der Waals surface area contributed by atoms with E-state index >= 15 is 0 Å². The van der Waals surface area contributed by atoms with Gasteiger partial charge in [-0.2, -0.15) is 0 Å². The molecule has 55 heavy (non-hydrogen) atoms. The zero-order valence-electron chi connectivity index (χ0n) is 30.2. The van der Waals surface area contributed by atoms with Gasteiger partial charge in [0.05, 0.1) is 5.52 Å². The van der Waals surface area contributed by atoms with Gasteiger partial charge in [0.2, 0.25) is 0 Å². The maximum Gasteiger partial charge on any atom is 0.143 e. The van der Waals surface area contributed by atoms with Crippen molar-refractivity contribution in [3.63, 3.8) is 0 Å². The number of allylic oxidation sites excluding steroid dienone is 1. The second kappa shape index (κ2) is 12.8. The third-order valence-corrected chi connectivity index (χ3v) is 11.2. The molecule has 0 bridgehead atoms. The largest absolute Gasteiger partial charge is 0.455 e. The van der Waals surface area contributed by atoms with Crippen LogP contribution in [0.25, 0.3) is 77.6 Å². The van der Waals surface area contributed by atoms with E-state index in [9.17, 15) is 0 Å². The summed E-state index contributed by atoms with van der Waals surface area (Å²) in [6, 6.07) is 65.5. The summed E-state index contributed by atoms with van der Waals surface area (Å²) < 4.78 is 9.14. The molecule has 0 spiro atoms. The lowest BCUT2D eigenvalue weighted by molar-refractivity contribution is 0.672. The molecule has 260 valence electrons. The van der Waals surface area contributed by atoms with Crippen molar-refractivity contribution in [2.45, 2.75) is 12.8 Å². The molecule has 10 aromatic rings. The van der Waals surface area contributed by atoms with Gasteiger partial charge in [0.25, 0.3) is 0 Å². The number of benzene rings is 8. The third kappa shape index (κ3) is 5.20. The van der Waals surface area contributed by atoms with E-state index in [0.717, 1.165) is 57.2 Å². The van der Waals surface area contributed by atoms with Crippen molar-refractivity contribution in [1.29, 1.82) is 0 Å². The van der Waals surface area contributed by atoms with Crippen molar-refractivity contribution in [3.8, 4) is 27.9 Å². The maximum absolute atomic E-state index is 6.71. The van der Waals surface area contributed by atoms with E-state index in [1.807, 2.05) is 0 Å². The molecule has 3 heteroatoms. The average molecular weight is 705 g/mol. The molecule has 0 atom stereocenters. The zero-order chi connectivity index (χ0) is 36.3. The van der Waals surface area contributed by atoms with Crippen molar-refractivity contribution in [1.82, 2.24) is 4.57 Å².